The average Bonchev–Trinajstić information content (AvgIpc) is 2.62. The van der Waals surface area contributed by atoms with Crippen LogP contribution in [0.25, 0.3) is 11.0 Å². The van der Waals surface area contributed by atoms with Crippen LogP contribution in [0.3, 0.4) is 0 Å². The van der Waals surface area contributed by atoms with Crippen molar-refractivity contribution in [2.75, 3.05) is 0 Å². The van der Waals surface area contributed by atoms with Crippen LogP contribution >= 0.6 is 0 Å². The molecule has 0 saturated heterocycles. The molecule has 74 valence electrons. The number of benzene rings is 1. The minimum atomic E-state index is -0.847. The predicted octanol–water partition coefficient (Wildman–Crippen LogP) is 0.588. The lowest BCUT2D eigenvalue weighted by atomic mass is 10.3. The van der Waals surface area contributed by atoms with Crippen LogP contribution in [0.5, 0.6) is 0 Å². The second-order valence-corrected chi connectivity index (χ2v) is 2.92. The van der Waals surface area contributed by atoms with E-state index in [2.05, 4.69) is 10.3 Å². The molecule has 0 amide bonds. The monoisotopic (exact) mass is 193 g/mol. The third-order valence-electron chi connectivity index (χ3n) is 1.89. The third-order valence-corrected chi connectivity index (χ3v) is 1.89. The summed E-state index contributed by atoms with van der Waals surface area (Å²) in [5, 5.41) is 16.9. The number of aliphatic hydroxyl groups is 1. The molecule has 1 heterocycles. The quantitative estimate of drug-likeness (QED) is 0.725. The highest BCUT2D eigenvalue weighted by atomic mass is 16.7. The van der Waals surface area contributed by atoms with Gasteiger partial charge >= 0.3 is 0 Å². The summed E-state index contributed by atoms with van der Waals surface area (Å²) in [4.78, 5) is 6.35. The van der Waals surface area contributed by atoms with E-state index in [0.717, 1.165) is 11.0 Å². The molecule has 5 nitrogen and oxygen atoms in total. The molecule has 0 fully saturated rings. The maximum Gasteiger partial charge on any atom is 0.224 e. The van der Waals surface area contributed by atoms with Crippen molar-refractivity contribution in [3.8, 4) is 0 Å². The Morgan fingerprint density at radius 1 is 1.50 bits per heavy atom. The van der Waals surface area contributed by atoms with Crippen molar-refractivity contribution in [3.05, 3.63) is 24.3 Å². The number of rotatable bonds is 3. The van der Waals surface area contributed by atoms with Crippen molar-refractivity contribution in [1.82, 2.24) is 15.2 Å². The molecule has 1 unspecified atom stereocenters. The first-order chi connectivity index (χ1) is 6.81. The van der Waals surface area contributed by atoms with E-state index in [1.54, 1.807) is 0 Å². The van der Waals surface area contributed by atoms with Crippen molar-refractivity contribution in [2.45, 2.75) is 19.6 Å². The summed E-state index contributed by atoms with van der Waals surface area (Å²) in [6, 6.07) is 7.40. The zero-order valence-electron chi connectivity index (χ0n) is 7.79. The van der Waals surface area contributed by atoms with Crippen LogP contribution in [-0.4, -0.2) is 26.6 Å². The smallest absolute Gasteiger partial charge is 0.224 e. The minimum absolute atomic E-state index is 0.508. The molecule has 14 heavy (non-hydrogen) atoms. The van der Waals surface area contributed by atoms with Crippen LogP contribution in [0, 0.1) is 0 Å². The van der Waals surface area contributed by atoms with E-state index in [1.165, 1.54) is 4.85 Å². The number of nitrogens with zero attached hydrogens (tertiary/aromatic N) is 3. The molecular formula is C9H11N3O2. The van der Waals surface area contributed by atoms with Crippen molar-refractivity contribution in [3.63, 3.8) is 0 Å². The molecule has 2 aromatic rings. The third kappa shape index (κ3) is 1.54. The van der Waals surface area contributed by atoms with E-state index in [9.17, 15) is 5.11 Å². The second kappa shape index (κ2) is 3.63. The number of aromatic nitrogens is 3. The molecule has 1 aromatic carbocycles. The molecule has 0 aliphatic rings. The number of hydrogen-bond donors (Lipinski definition) is 1. The van der Waals surface area contributed by atoms with Crippen LogP contribution < -0.4 is 4.84 Å². The molecule has 0 saturated carbocycles. The molecule has 1 aromatic heterocycles. The summed E-state index contributed by atoms with van der Waals surface area (Å²) in [6.07, 6.45) is -0.339. The van der Waals surface area contributed by atoms with E-state index in [0.29, 0.717) is 6.42 Å². The van der Waals surface area contributed by atoms with Crippen molar-refractivity contribution < 1.29 is 9.94 Å². The largest absolute Gasteiger partial charge is 0.363 e. The number of fused-ring (bicyclic) bond motifs is 1. The molecule has 0 aliphatic heterocycles. The maximum absolute atomic E-state index is 9.28. The molecule has 1 N–H and O–H groups in total. The molecular weight excluding hydrogens is 182 g/mol. The van der Waals surface area contributed by atoms with Crippen LogP contribution in [0.15, 0.2) is 24.3 Å². The Bertz CT molecular complexity index is 427. The summed E-state index contributed by atoms with van der Waals surface area (Å²) in [7, 11) is 0. The average molecular weight is 193 g/mol. The van der Waals surface area contributed by atoms with E-state index < -0.39 is 6.29 Å². The maximum atomic E-state index is 9.28. The lowest BCUT2D eigenvalue weighted by Gasteiger charge is -2.09. The number of aliphatic hydroxyl groups excluding tert-OH is 1. The van der Waals surface area contributed by atoms with Crippen molar-refractivity contribution in [2.24, 2.45) is 0 Å². The zero-order chi connectivity index (χ0) is 9.97. The topological polar surface area (TPSA) is 60.2 Å². The van der Waals surface area contributed by atoms with Gasteiger partial charge in [0, 0.05) is 6.42 Å². The van der Waals surface area contributed by atoms with Gasteiger partial charge in [-0.25, -0.2) is 0 Å². The summed E-state index contributed by atoms with van der Waals surface area (Å²) in [5.74, 6) is 0. The van der Waals surface area contributed by atoms with E-state index in [-0.39, 0.29) is 0 Å². The normalized spacial score (nSPS) is 13.0. The van der Waals surface area contributed by atoms with E-state index >= 15 is 0 Å². The lowest BCUT2D eigenvalue weighted by molar-refractivity contribution is -0.113. The fourth-order valence-electron chi connectivity index (χ4n) is 1.12. The fourth-order valence-corrected chi connectivity index (χ4v) is 1.12. The first-order valence-electron chi connectivity index (χ1n) is 4.47. The Morgan fingerprint density at radius 2 is 2.29 bits per heavy atom. The lowest BCUT2D eigenvalue weighted by Crippen LogP contribution is -2.24. The summed E-state index contributed by atoms with van der Waals surface area (Å²) in [6.45, 7) is 1.82. The van der Waals surface area contributed by atoms with Gasteiger partial charge in [-0.2, -0.15) is 0 Å². The minimum Gasteiger partial charge on any atom is -0.363 e. The Balaban J connectivity index is 2.33. The van der Waals surface area contributed by atoms with Gasteiger partial charge in [0.05, 0.1) is 0 Å². The first kappa shape index (κ1) is 8.96. The highest BCUT2D eigenvalue weighted by Crippen LogP contribution is 2.08. The summed E-state index contributed by atoms with van der Waals surface area (Å²) in [5.41, 5.74) is 1.50. The Hall–Kier alpha value is -1.62. The molecule has 0 radical (unpaired) electrons. The number of para-hydroxylation sites is 1. The van der Waals surface area contributed by atoms with E-state index in [1.807, 2.05) is 31.2 Å². The standard InChI is InChI=1S/C9H11N3O2/c1-2-9(13)14-12-8-6-4-3-5-7(8)10-11-12/h3-6,9,13H,2H2,1H3. The Kier molecular flexibility index (Phi) is 2.32. The summed E-state index contributed by atoms with van der Waals surface area (Å²) >= 11 is 0. The molecule has 5 heteroatoms. The van der Waals surface area contributed by atoms with Crippen LogP contribution in [-0.2, 0) is 0 Å². The molecule has 0 bridgehead atoms. The van der Waals surface area contributed by atoms with Gasteiger partial charge in [0.25, 0.3) is 0 Å². The predicted molar refractivity (Wildman–Crippen MR) is 50.4 cm³/mol. The highest BCUT2D eigenvalue weighted by Gasteiger charge is 2.07. The van der Waals surface area contributed by atoms with Crippen molar-refractivity contribution >= 4 is 11.0 Å². The van der Waals surface area contributed by atoms with Crippen LogP contribution in [0.4, 0.5) is 0 Å². The van der Waals surface area contributed by atoms with Crippen LogP contribution in [0.2, 0.25) is 0 Å². The van der Waals surface area contributed by atoms with Crippen molar-refractivity contribution in [1.29, 1.82) is 0 Å². The molecule has 2 rings (SSSR count). The van der Waals surface area contributed by atoms with Gasteiger partial charge in [0.1, 0.15) is 11.0 Å². The highest BCUT2D eigenvalue weighted by molar-refractivity contribution is 5.73. The number of hydrogen-bond acceptors (Lipinski definition) is 4. The van der Waals surface area contributed by atoms with E-state index in [4.69, 9.17) is 4.84 Å². The Labute approximate surface area is 80.9 Å². The van der Waals surface area contributed by atoms with Crippen LogP contribution in [0.1, 0.15) is 13.3 Å². The SMILES string of the molecule is CCC(O)On1nnc2ccccc21. The first-order valence-corrected chi connectivity index (χ1v) is 4.47. The molecule has 1 atom stereocenters. The second-order valence-electron chi connectivity index (χ2n) is 2.92. The fraction of sp³-hybridized carbons (Fsp3) is 0.333. The molecule has 0 aliphatic carbocycles. The van der Waals surface area contributed by atoms with Gasteiger partial charge in [-0.1, -0.05) is 23.9 Å². The molecule has 0 spiro atoms. The van der Waals surface area contributed by atoms with Gasteiger partial charge in [-0.15, -0.1) is 5.10 Å². The zero-order valence-corrected chi connectivity index (χ0v) is 7.79. The Morgan fingerprint density at radius 3 is 3.07 bits per heavy atom. The summed E-state index contributed by atoms with van der Waals surface area (Å²) < 4.78 is 0. The van der Waals surface area contributed by atoms with Gasteiger partial charge in [0.2, 0.25) is 6.29 Å². The van der Waals surface area contributed by atoms with Gasteiger partial charge in [-0.3, -0.25) is 0 Å². The van der Waals surface area contributed by atoms with Gasteiger partial charge < -0.3 is 9.94 Å². The van der Waals surface area contributed by atoms with Gasteiger partial charge in [0.15, 0.2) is 0 Å². The van der Waals surface area contributed by atoms with Gasteiger partial charge in [-0.05, 0) is 17.3 Å².